The number of guanidine groups is 1. The molecule has 1 aliphatic rings. The lowest BCUT2D eigenvalue weighted by atomic mass is 10.1. The molecule has 0 unspecified atom stereocenters. The first-order valence-electron chi connectivity index (χ1n) is 9.64. The molecule has 0 spiro atoms. The average molecular weight is 361 g/mol. The fraction of sp³-hybridized carbons (Fsp3) is 0.600. The van der Waals surface area contributed by atoms with Gasteiger partial charge in [-0.3, -0.25) is 9.79 Å². The highest BCUT2D eigenvalue weighted by Crippen LogP contribution is 2.19. The fourth-order valence-electron chi connectivity index (χ4n) is 3.05. The third-order valence-corrected chi connectivity index (χ3v) is 4.52. The number of aliphatic imine (C=N–C) groups is 1. The lowest BCUT2D eigenvalue weighted by Crippen LogP contribution is -2.44. The smallest absolute Gasteiger partial charge is 0.239 e. The molecular formula is C20H32N4O2. The Balaban J connectivity index is 1.56. The zero-order chi connectivity index (χ0) is 18.5. The van der Waals surface area contributed by atoms with E-state index in [9.17, 15) is 4.79 Å². The zero-order valence-corrected chi connectivity index (χ0v) is 15.8. The van der Waals surface area contributed by atoms with Crippen molar-refractivity contribution in [3.63, 3.8) is 0 Å². The second-order valence-electron chi connectivity index (χ2n) is 6.60. The van der Waals surface area contributed by atoms with E-state index in [4.69, 9.17) is 4.74 Å². The van der Waals surface area contributed by atoms with Gasteiger partial charge in [-0.15, -0.1) is 0 Å². The minimum Gasteiger partial charge on any atom is -0.376 e. The van der Waals surface area contributed by atoms with Crippen molar-refractivity contribution in [2.24, 2.45) is 4.99 Å². The number of hydrogen-bond acceptors (Lipinski definition) is 3. The molecule has 0 saturated heterocycles. The van der Waals surface area contributed by atoms with Gasteiger partial charge in [-0.25, -0.2) is 0 Å². The van der Waals surface area contributed by atoms with Crippen LogP contribution in [0.5, 0.6) is 0 Å². The SMILES string of the molecule is CN=C(NCCOC1CCCCCC1)NCC(=O)NCc1ccccc1. The second kappa shape index (κ2) is 12.3. The maximum absolute atomic E-state index is 11.9. The lowest BCUT2D eigenvalue weighted by Gasteiger charge is -2.16. The van der Waals surface area contributed by atoms with Gasteiger partial charge in [-0.1, -0.05) is 56.0 Å². The van der Waals surface area contributed by atoms with E-state index in [0.29, 0.717) is 31.8 Å². The van der Waals surface area contributed by atoms with E-state index in [1.807, 2.05) is 30.3 Å². The monoisotopic (exact) mass is 360 g/mol. The van der Waals surface area contributed by atoms with Gasteiger partial charge in [-0.05, 0) is 18.4 Å². The molecule has 6 heteroatoms. The van der Waals surface area contributed by atoms with E-state index in [1.54, 1.807) is 7.05 Å². The minimum atomic E-state index is -0.0634. The van der Waals surface area contributed by atoms with Crippen LogP contribution in [0.1, 0.15) is 44.1 Å². The van der Waals surface area contributed by atoms with E-state index in [-0.39, 0.29) is 12.5 Å². The van der Waals surface area contributed by atoms with E-state index in [1.165, 1.54) is 38.5 Å². The molecule has 0 aromatic heterocycles. The van der Waals surface area contributed by atoms with Gasteiger partial charge in [0, 0.05) is 20.1 Å². The van der Waals surface area contributed by atoms with Crippen molar-refractivity contribution in [2.45, 2.75) is 51.2 Å². The van der Waals surface area contributed by atoms with Crippen LogP contribution in [0.3, 0.4) is 0 Å². The van der Waals surface area contributed by atoms with Gasteiger partial charge in [0.05, 0.1) is 19.3 Å². The zero-order valence-electron chi connectivity index (χ0n) is 15.8. The van der Waals surface area contributed by atoms with Gasteiger partial charge >= 0.3 is 0 Å². The van der Waals surface area contributed by atoms with Crippen LogP contribution in [-0.4, -0.2) is 44.7 Å². The lowest BCUT2D eigenvalue weighted by molar-refractivity contribution is -0.120. The Bertz CT molecular complexity index is 540. The Morgan fingerprint density at radius 3 is 2.50 bits per heavy atom. The molecule has 1 aliphatic carbocycles. The Morgan fingerprint density at radius 1 is 1.08 bits per heavy atom. The van der Waals surface area contributed by atoms with Crippen molar-refractivity contribution < 1.29 is 9.53 Å². The first-order chi connectivity index (χ1) is 12.8. The summed E-state index contributed by atoms with van der Waals surface area (Å²) in [6, 6.07) is 9.86. The molecule has 1 amide bonds. The van der Waals surface area contributed by atoms with Gasteiger partial charge in [0.1, 0.15) is 0 Å². The van der Waals surface area contributed by atoms with Crippen molar-refractivity contribution in [1.29, 1.82) is 0 Å². The highest BCUT2D eigenvalue weighted by molar-refractivity contribution is 5.86. The Morgan fingerprint density at radius 2 is 1.81 bits per heavy atom. The Labute approximate surface area is 156 Å². The number of carbonyl (C=O) groups is 1. The summed E-state index contributed by atoms with van der Waals surface area (Å²) in [7, 11) is 1.70. The molecule has 1 saturated carbocycles. The molecule has 3 N–H and O–H groups in total. The predicted molar refractivity (Wildman–Crippen MR) is 105 cm³/mol. The topological polar surface area (TPSA) is 74.8 Å². The molecule has 0 radical (unpaired) electrons. The first kappa shape index (κ1) is 20.2. The Kier molecular flexibility index (Phi) is 9.57. The van der Waals surface area contributed by atoms with E-state index in [0.717, 1.165) is 5.56 Å². The summed E-state index contributed by atoms with van der Waals surface area (Å²) >= 11 is 0. The summed E-state index contributed by atoms with van der Waals surface area (Å²) in [4.78, 5) is 16.1. The number of nitrogens with one attached hydrogen (secondary N) is 3. The number of benzene rings is 1. The maximum Gasteiger partial charge on any atom is 0.239 e. The number of rotatable bonds is 8. The van der Waals surface area contributed by atoms with Crippen LogP contribution in [0.2, 0.25) is 0 Å². The van der Waals surface area contributed by atoms with Gasteiger partial charge in [0.2, 0.25) is 5.91 Å². The summed E-state index contributed by atoms with van der Waals surface area (Å²) in [6.07, 6.45) is 7.97. The third kappa shape index (κ3) is 8.34. The molecule has 2 rings (SSSR count). The van der Waals surface area contributed by atoms with Crippen molar-refractivity contribution in [2.75, 3.05) is 26.7 Å². The molecular weight excluding hydrogens is 328 g/mol. The van der Waals surface area contributed by atoms with Gasteiger partial charge in [-0.2, -0.15) is 0 Å². The summed E-state index contributed by atoms with van der Waals surface area (Å²) in [5, 5.41) is 9.10. The van der Waals surface area contributed by atoms with E-state index in [2.05, 4.69) is 20.9 Å². The first-order valence-corrected chi connectivity index (χ1v) is 9.64. The third-order valence-electron chi connectivity index (χ3n) is 4.52. The van der Waals surface area contributed by atoms with Crippen LogP contribution >= 0.6 is 0 Å². The number of carbonyl (C=O) groups excluding carboxylic acids is 1. The Hall–Kier alpha value is -2.08. The molecule has 1 aromatic rings. The minimum absolute atomic E-state index is 0.0634. The highest BCUT2D eigenvalue weighted by atomic mass is 16.5. The quantitative estimate of drug-likeness (QED) is 0.288. The molecule has 26 heavy (non-hydrogen) atoms. The summed E-state index contributed by atoms with van der Waals surface area (Å²) < 4.78 is 5.95. The number of amides is 1. The van der Waals surface area contributed by atoms with Crippen molar-refractivity contribution >= 4 is 11.9 Å². The van der Waals surface area contributed by atoms with Crippen molar-refractivity contribution in [3.8, 4) is 0 Å². The summed E-state index contributed by atoms with van der Waals surface area (Å²) in [5.41, 5.74) is 1.08. The second-order valence-corrected chi connectivity index (χ2v) is 6.60. The van der Waals surface area contributed by atoms with Crippen LogP contribution in [0, 0.1) is 0 Å². The maximum atomic E-state index is 11.9. The van der Waals surface area contributed by atoms with Gasteiger partial charge in [0.25, 0.3) is 0 Å². The molecule has 0 heterocycles. The largest absolute Gasteiger partial charge is 0.376 e. The van der Waals surface area contributed by atoms with Crippen LogP contribution in [0.4, 0.5) is 0 Å². The van der Waals surface area contributed by atoms with E-state index >= 15 is 0 Å². The highest BCUT2D eigenvalue weighted by Gasteiger charge is 2.12. The predicted octanol–water partition coefficient (Wildman–Crippen LogP) is 2.21. The summed E-state index contributed by atoms with van der Waals surface area (Å²) in [5.74, 6) is 0.552. The standard InChI is InChI=1S/C20H32N4O2/c1-21-20(22-13-14-26-18-11-7-2-3-8-12-18)24-16-19(25)23-15-17-9-5-4-6-10-17/h4-6,9-10,18H,2-3,7-8,11-16H2,1H3,(H,23,25)(H2,21,22,24). The molecule has 144 valence electrons. The van der Waals surface area contributed by atoms with Crippen molar-refractivity contribution in [3.05, 3.63) is 35.9 Å². The number of nitrogens with zero attached hydrogens (tertiary/aromatic N) is 1. The summed E-state index contributed by atoms with van der Waals surface area (Å²) in [6.45, 7) is 2.06. The molecule has 6 nitrogen and oxygen atoms in total. The van der Waals surface area contributed by atoms with Crippen molar-refractivity contribution in [1.82, 2.24) is 16.0 Å². The fourth-order valence-corrected chi connectivity index (χ4v) is 3.05. The molecule has 1 fully saturated rings. The molecule has 1 aromatic carbocycles. The molecule has 0 atom stereocenters. The number of ether oxygens (including phenoxy) is 1. The van der Waals surface area contributed by atoms with Crippen LogP contribution in [0.25, 0.3) is 0 Å². The van der Waals surface area contributed by atoms with Crippen LogP contribution < -0.4 is 16.0 Å². The molecule has 0 bridgehead atoms. The van der Waals surface area contributed by atoms with Gasteiger partial charge < -0.3 is 20.7 Å². The normalized spacial score (nSPS) is 16.0. The van der Waals surface area contributed by atoms with Crippen LogP contribution in [0.15, 0.2) is 35.3 Å². The van der Waals surface area contributed by atoms with E-state index < -0.39 is 0 Å². The molecule has 0 aliphatic heterocycles. The van der Waals surface area contributed by atoms with Crippen LogP contribution in [-0.2, 0) is 16.1 Å². The number of hydrogen-bond donors (Lipinski definition) is 3. The average Bonchev–Trinajstić information content (AvgIpc) is 2.95. The van der Waals surface area contributed by atoms with Gasteiger partial charge in [0.15, 0.2) is 5.96 Å².